The Morgan fingerprint density at radius 2 is 1.95 bits per heavy atom. The second kappa shape index (κ2) is 6.85. The molecule has 0 N–H and O–H groups in total. The number of aromatic nitrogens is 3. The fourth-order valence-electron chi connectivity index (χ4n) is 2.45. The first kappa shape index (κ1) is 16.4. The summed E-state index contributed by atoms with van der Waals surface area (Å²) >= 11 is 0. The molecule has 2 unspecified atom stereocenters. The minimum Gasteiger partial charge on any atom is -0.493 e. The highest BCUT2D eigenvalue weighted by molar-refractivity contribution is 5.22. The summed E-state index contributed by atoms with van der Waals surface area (Å²) in [5, 5.41) is 4.13. The van der Waals surface area contributed by atoms with Crippen molar-refractivity contribution in [2.75, 3.05) is 13.3 Å². The van der Waals surface area contributed by atoms with E-state index in [0.29, 0.717) is 12.4 Å². The summed E-state index contributed by atoms with van der Waals surface area (Å²) in [7, 11) is 0. The molecule has 0 saturated carbocycles. The molecule has 2 aromatic rings. The minimum absolute atomic E-state index is 0.0753. The van der Waals surface area contributed by atoms with Crippen LogP contribution in [0.1, 0.15) is 26.8 Å². The van der Waals surface area contributed by atoms with E-state index in [1.807, 2.05) is 20.8 Å². The summed E-state index contributed by atoms with van der Waals surface area (Å²) < 4.78 is 33.8. The maximum atomic E-state index is 13.5. The van der Waals surface area contributed by atoms with Crippen LogP contribution in [0.5, 0.6) is 5.75 Å². The van der Waals surface area contributed by atoms with Crippen LogP contribution in [0.3, 0.4) is 0 Å². The molecule has 0 aliphatic rings. The number of alkyl halides is 1. The van der Waals surface area contributed by atoms with Crippen molar-refractivity contribution in [3.05, 3.63) is 42.7 Å². The molecular formula is C16H21F2N3O. The van der Waals surface area contributed by atoms with Gasteiger partial charge in [0.05, 0.1) is 19.3 Å². The van der Waals surface area contributed by atoms with Crippen LogP contribution in [0.4, 0.5) is 8.78 Å². The van der Waals surface area contributed by atoms with Crippen molar-refractivity contribution in [1.82, 2.24) is 14.8 Å². The molecule has 4 nitrogen and oxygen atoms in total. The predicted octanol–water partition coefficient (Wildman–Crippen LogP) is 3.67. The molecule has 6 heteroatoms. The van der Waals surface area contributed by atoms with Crippen molar-refractivity contribution in [3.8, 4) is 5.75 Å². The van der Waals surface area contributed by atoms with Gasteiger partial charge in [0.15, 0.2) is 0 Å². The third-order valence-electron chi connectivity index (χ3n) is 4.03. The minimum atomic E-state index is -0.578. The van der Waals surface area contributed by atoms with E-state index in [2.05, 4.69) is 10.1 Å². The van der Waals surface area contributed by atoms with E-state index < -0.39 is 12.1 Å². The molecular weight excluding hydrogens is 288 g/mol. The molecule has 1 aromatic carbocycles. The average molecular weight is 309 g/mol. The Morgan fingerprint density at radius 3 is 2.50 bits per heavy atom. The molecule has 0 spiro atoms. The second-order valence-corrected chi connectivity index (χ2v) is 6.11. The summed E-state index contributed by atoms with van der Waals surface area (Å²) in [5.74, 6) is 0.125. The van der Waals surface area contributed by atoms with Crippen molar-refractivity contribution >= 4 is 0 Å². The molecule has 0 fully saturated rings. The van der Waals surface area contributed by atoms with Crippen LogP contribution in [0.15, 0.2) is 36.9 Å². The highest BCUT2D eigenvalue weighted by Crippen LogP contribution is 2.36. The fraction of sp³-hybridized carbons (Fsp3) is 0.500. The average Bonchev–Trinajstić information content (AvgIpc) is 3.03. The van der Waals surface area contributed by atoms with Crippen molar-refractivity contribution < 1.29 is 13.5 Å². The number of hydrogen-bond donors (Lipinski definition) is 0. The van der Waals surface area contributed by atoms with Crippen LogP contribution in [0.25, 0.3) is 0 Å². The Morgan fingerprint density at radius 1 is 1.27 bits per heavy atom. The summed E-state index contributed by atoms with van der Waals surface area (Å²) in [4.78, 5) is 3.94. The lowest BCUT2D eigenvalue weighted by Gasteiger charge is -2.35. The Bertz CT molecular complexity index is 570. The fourth-order valence-corrected chi connectivity index (χ4v) is 2.45. The normalized spacial score (nSPS) is 14.6. The Hall–Kier alpha value is -1.98. The van der Waals surface area contributed by atoms with Gasteiger partial charge in [-0.1, -0.05) is 13.8 Å². The topological polar surface area (TPSA) is 39.9 Å². The summed E-state index contributed by atoms with van der Waals surface area (Å²) in [5.41, 5.74) is -0.578. The van der Waals surface area contributed by atoms with E-state index in [9.17, 15) is 8.78 Å². The van der Waals surface area contributed by atoms with Gasteiger partial charge in [-0.15, -0.1) is 0 Å². The lowest BCUT2D eigenvalue weighted by Crippen LogP contribution is -2.37. The van der Waals surface area contributed by atoms with Crippen molar-refractivity contribution in [1.29, 1.82) is 0 Å². The highest BCUT2D eigenvalue weighted by atomic mass is 19.1. The smallest absolute Gasteiger partial charge is 0.137 e. The van der Waals surface area contributed by atoms with Crippen molar-refractivity contribution in [2.24, 2.45) is 11.3 Å². The maximum absolute atomic E-state index is 13.5. The van der Waals surface area contributed by atoms with Gasteiger partial charge in [0.25, 0.3) is 0 Å². The Kier molecular flexibility index (Phi) is 5.11. The van der Waals surface area contributed by atoms with Gasteiger partial charge in [0.1, 0.15) is 24.2 Å². The number of nitrogens with zero attached hydrogens (tertiary/aromatic N) is 3. The predicted molar refractivity (Wildman–Crippen MR) is 79.9 cm³/mol. The Labute approximate surface area is 129 Å². The van der Waals surface area contributed by atoms with Crippen LogP contribution >= 0.6 is 0 Å². The lowest BCUT2D eigenvalue weighted by atomic mass is 9.76. The quantitative estimate of drug-likeness (QED) is 0.783. The summed E-state index contributed by atoms with van der Waals surface area (Å²) in [6.45, 7) is 5.52. The molecule has 0 bridgehead atoms. The molecule has 0 aliphatic heterocycles. The van der Waals surface area contributed by atoms with E-state index in [-0.39, 0.29) is 17.8 Å². The third kappa shape index (κ3) is 3.81. The molecule has 1 heterocycles. The number of hydrogen-bond acceptors (Lipinski definition) is 3. The van der Waals surface area contributed by atoms with E-state index >= 15 is 0 Å². The van der Waals surface area contributed by atoms with Crippen LogP contribution in [-0.2, 0) is 0 Å². The van der Waals surface area contributed by atoms with E-state index in [4.69, 9.17) is 4.74 Å². The third-order valence-corrected chi connectivity index (χ3v) is 4.03. The largest absolute Gasteiger partial charge is 0.493 e. The second-order valence-electron chi connectivity index (χ2n) is 6.11. The maximum Gasteiger partial charge on any atom is 0.137 e. The van der Waals surface area contributed by atoms with Crippen LogP contribution in [0.2, 0.25) is 0 Å². The zero-order chi connectivity index (χ0) is 16.2. The van der Waals surface area contributed by atoms with Crippen LogP contribution in [-0.4, -0.2) is 28.0 Å². The molecule has 1 aromatic heterocycles. The Balaban J connectivity index is 2.13. The molecule has 22 heavy (non-hydrogen) atoms. The zero-order valence-corrected chi connectivity index (χ0v) is 13.0. The molecule has 0 saturated heterocycles. The molecule has 0 radical (unpaired) electrons. The van der Waals surface area contributed by atoms with Gasteiger partial charge in [-0.25, -0.2) is 14.1 Å². The summed E-state index contributed by atoms with van der Waals surface area (Å²) in [6.07, 6.45) is 3.07. The van der Waals surface area contributed by atoms with Gasteiger partial charge < -0.3 is 4.74 Å². The molecule has 0 aliphatic carbocycles. The molecule has 0 amide bonds. The van der Waals surface area contributed by atoms with Gasteiger partial charge in [-0.2, -0.15) is 5.10 Å². The number of benzene rings is 1. The number of halogens is 2. The van der Waals surface area contributed by atoms with E-state index in [1.54, 1.807) is 23.1 Å². The lowest BCUT2D eigenvalue weighted by molar-refractivity contribution is 0.0616. The highest BCUT2D eigenvalue weighted by Gasteiger charge is 2.35. The molecule has 2 atom stereocenters. The van der Waals surface area contributed by atoms with Gasteiger partial charge in [0, 0.05) is 11.3 Å². The first-order chi connectivity index (χ1) is 10.4. The van der Waals surface area contributed by atoms with E-state index in [0.717, 1.165) is 0 Å². The van der Waals surface area contributed by atoms with Crippen LogP contribution < -0.4 is 4.74 Å². The first-order valence-electron chi connectivity index (χ1n) is 7.22. The zero-order valence-electron chi connectivity index (χ0n) is 13.0. The molecule has 2 rings (SSSR count). The SMILES string of the molecule is CC(C(COc1ccc(F)cc1)C(C)(C)CF)n1cncn1. The van der Waals surface area contributed by atoms with Gasteiger partial charge in [-0.05, 0) is 31.2 Å². The first-order valence-corrected chi connectivity index (χ1v) is 7.22. The van der Waals surface area contributed by atoms with Gasteiger partial charge in [-0.3, -0.25) is 4.39 Å². The van der Waals surface area contributed by atoms with E-state index in [1.165, 1.54) is 18.5 Å². The number of rotatable bonds is 7. The van der Waals surface area contributed by atoms with Crippen LogP contribution in [0, 0.1) is 17.2 Å². The number of ether oxygens (including phenoxy) is 1. The van der Waals surface area contributed by atoms with Gasteiger partial charge >= 0.3 is 0 Å². The molecule has 120 valence electrons. The van der Waals surface area contributed by atoms with Gasteiger partial charge in [0.2, 0.25) is 0 Å². The monoisotopic (exact) mass is 309 g/mol. The summed E-state index contributed by atoms with van der Waals surface area (Å²) in [6, 6.07) is 5.73. The standard InChI is InChI=1S/C16H21F2N3O/c1-12(21-11-19-10-20-21)15(16(2,3)9-17)8-22-14-6-4-13(18)5-7-14/h4-7,10-12,15H,8-9H2,1-3H3. The van der Waals surface area contributed by atoms with Crippen molar-refractivity contribution in [2.45, 2.75) is 26.8 Å². The van der Waals surface area contributed by atoms with Crippen molar-refractivity contribution in [3.63, 3.8) is 0 Å².